The number of fused-ring (bicyclic) bond motifs is 1. The smallest absolute Gasteiger partial charge is 0.224 e. The highest BCUT2D eigenvalue weighted by atomic mass is 32.2. The van der Waals surface area contributed by atoms with Crippen molar-refractivity contribution < 1.29 is 14.3 Å². The normalized spacial score (nSPS) is 18.1. The molecule has 4 nitrogen and oxygen atoms in total. The van der Waals surface area contributed by atoms with E-state index in [0.29, 0.717) is 17.1 Å². The second-order valence-corrected chi connectivity index (χ2v) is 5.60. The van der Waals surface area contributed by atoms with E-state index in [1.807, 2.05) is 26.2 Å². The number of thioether (sulfide) groups is 1. The van der Waals surface area contributed by atoms with Gasteiger partial charge in [0.2, 0.25) is 5.12 Å². The van der Waals surface area contributed by atoms with Crippen LogP contribution in [0.2, 0.25) is 0 Å². The SMILES string of the molecule is COc1ccc2c(c1OC)C(=O)SC2CN(C)C. The maximum absolute atomic E-state index is 12.1. The molecule has 0 saturated heterocycles. The first-order valence-electron chi connectivity index (χ1n) is 5.69. The highest BCUT2D eigenvalue weighted by Crippen LogP contribution is 2.48. The van der Waals surface area contributed by atoms with Crippen LogP contribution in [0.5, 0.6) is 11.5 Å². The van der Waals surface area contributed by atoms with E-state index < -0.39 is 0 Å². The summed E-state index contributed by atoms with van der Waals surface area (Å²) in [4.78, 5) is 14.2. The summed E-state index contributed by atoms with van der Waals surface area (Å²) in [5, 5.41) is 0.231. The molecule has 1 atom stereocenters. The number of carbonyl (C=O) groups excluding carboxylic acids is 1. The zero-order chi connectivity index (χ0) is 13.3. The number of benzene rings is 1. The number of hydrogen-bond donors (Lipinski definition) is 0. The average Bonchev–Trinajstić information content (AvgIpc) is 2.64. The molecule has 0 radical (unpaired) electrons. The number of ether oxygens (including phenoxy) is 2. The molecule has 0 aliphatic carbocycles. The highest BCUT2D eigenvalue weighted by molar-refractivity contribution is 8.14. The lowest BCUT2D eigenvalue weighted by Gasteiger charge is -2.16. The lowest BCUT2D eigenvalue weighted by molar-refractivity contribution is 0.108. The molecule has 1 heterocycles. The molecule has 2 rings (SSSR count). The van der Waals surface area contributed by atoms with E-state index in [0.717, 1.165) is 12.1 Å². The van der Waals surface area contributed by atoms with Crippen LogP contribution in [0.25, 0.3) is 0 Å². The van der Waals surface area contributed by atoms with Gasteiger partial charge in [0.25, 0.3) is 0 Å². The van der Waals surface area contributed by atoms with Crippen LogP contribution in [0.4, 0.5) is 0 Å². The minimum absolute atomic E-state index is 0.0626. The van der Waals surface area contributed by atoms with Gasteiger partial charge in [0.05, 0.1) is 25.0 Å². The third-order valence-electron chi connectivity index (χ3n) is 2.91. The Balaban J connectivity index is 2.47. The monoisotopic (exact) mass is 267 g/mol. The molecule has 1 aromatic carbocycles. The second kappa shape index (κ2) is 5.20. The number of methoxy groups -OCH3 is 2. The minimum atomic E-state index is 0.0626. The number of rotatable bonds is 4. The molecule has 98 valence electrons. The Morgan fingerprint density at radius 1 is 1.28 bits per heavy atom. The fourth-order valence-corrected chi connectivity index (χ4v) is 3.42. The van der Waals surface area contributed by atoms with E-state index in [2.05, 4.69) is 4.90 Å². The van der Waals surface area contributed by atoms with Gasteiger partial charge in [-0.2, -0.15) is 0 Å². The summed E-state index contributed by atoms with van der Waals surface area (Å²) in [6, 6.07) is 3.82. The summed E-state index contributed by atoms with van der Waals surface area (Å²) in [6.45, 7) is 0.832. The summed E-state index contributed by atoms with van der Waals surface area (Å²) in [7, 11) is 7.15. The lowest BCUT2D eigenvalue weighted by atomic mass is 10.0. The maximum atomic E-state index is 12.1. The number of hydrogen-bond acceptors (Lipinski definition) is 5. The summed E-state index contributed by atoms with van der Waals surface area (Å²) in [6.07, 6.45) is 0. The number of nitrogens with zero attached hydrogens (tertiary/aromatic N) is 1. The molecule has 0 amide bonds. The molecule has 18 heavy (non-hydrogen) atoms. The van der Waals surface area contributed by atoms with E-state index in [-0.39, 0.29) is 10.4 Å². The van der Waals surface area contributed by atoms with Crippen molar-refractivity contribution in [2.75, 3.05) is 34.9 Å². The molecule has 0 saturated carbocycles. The van der Waals surface area contributed by atoms with Crippen molar-refractivity contribution in [3.8, 4) is 11.5 Å². The molecule has 1 aliphatic rings. The van der Waals surface area contributed by atoms with Crippen LogP contribution < -0.4 is 9.47 Å². The van der Waals surface area contributed by atoms with Crippen molar-refractivity contribution in [3.63, 3.8) is 0 Å². The van der Waals surface area contributed by atoms with Crippen molar-refractivity contribution in [2.24, 2.45) is 0 Å². The maximum Gasteiger partial charge on any atom is 0.224 e. The molecule has 1 aliphatic heterocycles. The van der Waals surface area contributed by atoms with Crippen molar-refractivity contribution in [2.45, 2.75) is 5.25 Å². The highest BCUT2D eigenvalue weighted by Gasteiger charge is 2.34. The standard InChI is InChI=1S/C13H17NO3S/c1-14(2)7-10-8-5-6-9(16-3)12(17-4)11(8)13(15)18-10/h5-6,10H,7H2,1-4H3. The van der Waals surface area contributed by atoms with Gasteiger partial charge in [-0.3, -0.25) is 4.79 Å². The van der Waals surface area contributed by atoms with Gasteiger partial charge in [-0.15, -0.1) is 0 Å². The average molecular weight is 267 g/mol. The summed E-state index contributed by atoms with van der Waals surface area (Å²) in [5.41, 5.74) is 1.70. The van der Waals surface area contributed by atoms with E-state index in [9.17, 15) is 4.79 Å². The first kappa shape index (κ1) is 13.2. The molecule has 1 unspecified atom stereocenters. The Labute approximate surface area is 111 Å². The van der Waals surface area contributed by atoms with Gasteiger partial charge in [-0.1, -0.05) is 17.8 Å². The zero-order valence-corrected chi connectivity index (χ0v) is 11.8. The van der Waals surface area contributed by atoms with Crippen LogP contribution in [-0.4, -0.2) is 44.9 Å². The van der Waals surface area contributed by atoms with Crippen molar-refractivity contribution in [3.05, 3.63) is 23.3 Å². The zero-order valence-electron chi connectivity index (χ0n) is 11.0. The van der Waals surface area contributed by atoms with Crippen LogP contribution in [-0.2, 0) is 0 Å². The molecule has 0 bridgehead atoms. The van der Waals surface area contributed by atoms with Crippen molar-refractivity contribution >= 4 is 16.9 Å². The largest absolute Gasteiger partial charge is 0.493 e. The summed E-state index contributed by atoms with van der Waals surface area (Å²) < 4.78 is 10.6. The van der Waals surface area contributed by atoms with Crippen molar-refractivity contribution in [1.82, 2.24) is 4.90 Å². The Morgan fingerprint density at radius 2 is 2.00 bits per heavy atom. The van der Waals surface area contributed by atoms with Gasteiger partial charge in [0.1, 0.15) is 0 Å². The van der Waals surface area contributed by atoms with E-state index in [4.69, 9.17) is 9.47 Å². The fourth-order valence-electron chi connectivity index (χ4n) is 2.14. The third-order valence-corrected chi connectivity index (χ3v) is 4.01. The molecule has 0 spiro atoms. The first-order chi connectivity index (χ1) is 8.58. The quantitative estimate of drug-likeness (QED) is 0.836. The Hall–Kier alpha value is -1.20. The molecular weight excluding hydrogens is 250 g/mol. The van der Waals surface area contributed by atoms with Crippen molar-refractivity contribution in [1.29, 1.82) is 0 Å². The van der Waals surface area contributed by atoms with Crippen LogP contribution in [0.15, 0.2) is 12.1 Å². The molecule has 0 aromatic heterocycles. The predicted molar refractivity (Wildman–Crippen MR) is 72.8 cm³/mol. The van der Waals surface area contributed by atoms with E-state index >= 15 is 0 Å². The number of likely N-dealkylation sites (N-methyl/N-ethyl adjacent to an activating group) is 1. The Kier molecular flexibility index (Phi) is 3.82. The van der Waals surface area contributed by atoms with Gasteiger partial charge in [-0.25, -0.2) is 0 Å². The molecule has 5 heteroatoms. The van der Waals surface area contributed by atoms with Gasteiger partial charge in [0.15, 0.2) is 11.5 Å². The summed E-state index contributed by atoms with van der Waals surface area (Å²) >= 11 is 1.36. The predicted octanol–water partition coefficient (Wildman–Crippen LogP) is 2.19. The number of carbonyl (C=O) groups is 1. The Morgan fingerprint density at radius 3 is 2.56 bits per heavy atom. The fraction of sp³-hybridized carbons (Fsp3) is 0.462. The minimum Gasteiger partial charge on any atom is -0.493 e. The Bertz CT molecular complexity index is 474. The van der Waals surface area contributed by atoms with E-state index in [1.54, 1.807) is 14.2 Å². The van der Waals surface area contributed by atoms with Crippen LogP contribution in [0.1, 0.15) is 21.2 Å². The van der Waals surface area contributed by atoms with Crippen LogP contribution >= 0.6 is 11.8 Å². The molecule has 0 N–H and O–H groups in total. The van der Waals surface area contributed by atoms with Gasteiger partial charge in [-0.05, 0) is 25.7 Å². The molecular formula is C13H17NO3S. The van der Waals surface area contributed by atoms with E-state index in [1.165, 1.54) is 11.8 Å². The topological polar surface area (TPSA) is 38.8 Å². The van der Waals surface area contributed by atoms with Gasteiger partial charge >= 0.3 is 0 Å². The summed E-state index contributed by atoms with van der Waals surface area (Å²) in [5.74, 6) is 1.16. The van der Waals surface area contributed by atoms with Gasteiger partial charge in [0, 0.05) is 6.54 Å². The molecule has 0 fully saturated rings. The first-order valence-corrected chi connectivity index (χ1v) is 6.57. The van der Waals surface area contributed by atoms with Crippen LogP contribution in [0, 0.1) is 0 Å². The lowest BCUT2D eigenvalue weighted by Crippen LogP contribution is -2.17. The van der Waals surface area contributed by atoms with Crippen LogP contribution in [0.3, 0.4) is 0 Å². The van der Waals surface area contributed by atoms with Gasteiger partial charge < -0.3 is 14.4 Å². The second-order valence-electron chi connectivity index (χ2n) is 4.42. The molecule has 1 aromatic rings. The third kappa shape index (κ3) is 2.20.